The predicted octanol–water partition coefficient (Wildman–Crippen LogP) is 6.45. The third-order valence-corrected chi connectivity index (χ3v) is 5.15. The van der Waals surface area contributed by atoms with E-state index in [2.05, 4.69) is 33.8 Å². The number of aromatic nitrogens is 2. The SMILES string of the molecule is Fc1ccc(C(C/C=C/c2cncn2Cc2ccccc2)c2ccc(F)cc2)cc1. The van der Waals surface area contributed by atoms with Crippen LogP contribution in [0.1, 0.15) is 34.7 Å². The van der Waals surface area contributed by atoms with Gasteiger partial charge in [0.1, 0.15) is 11.6 Å². The number of imidazole rings is 1. The molecule has 4 heteroatoms. The fourth-order valence-corrected chi connectivity index (χ4v) is 3.56. The lowest BCUT2D eigenvalue weighted by molar-refractivity contribution is 0.624. The molecule has 0 fully saturated rings. The monoisotopic (exact) mass is 400 g/mol. The van der Waals surface area contributed by atoms with E-state index < -0.39 is 0 Å². The molecule has 150 valence electrons. The van der Waals surface area contributed by atoms with E-state index in [4.69, 9.17) is 0 Å². The molecular weight excluding hydrogens is 378 g/mol. The van der Waals surface area contributed by atoms with Crippen LogP contribution in [0.25, 0.3) is 6.08 Å². The second-order valence-electron chi connectivity index (χ2n) is 7.23. The number of nitrogens with zero attached hydrogens (tertiary/aromatic N) is 2. The lowest BCUT2D eigenvalue weighted by atomic mass is 9.88. The van der Waals surface area contributed by atoms with Gasteiger partial charge in [-0.05, 0) is 53.5 Å². The molecule has 2 nitrogen and oxygen atoms in total. The van der Waals surface area contributed by atoms with Gasteiger partial charge >= 0.3 is 0 Å². The molecular formula is C26H22F2N2. The van der Waals surface area contributed by atoms with Crippen molar-refractivity contribution in [2.75, 3.05) is 0 Å². The maximum atomic E-state index is 13.4. The van der Waals surface area contributed by atoms with Gasteiger partial charge < -0.3 is 4.57 Å². The van der Waals surface area contributed by atoms with Crippen molar-refractivity contribution in [2.24, 2.45) is 0 Å². The summed E-state index contributed by atoms with van der Waals surface area (Å²) in [5, 5.41) is 0. The Hall–Kier alpha value is -3.53. The van der Waals surface area contributed by atoms with Gasteiger partial charge in [0.25, 0.3) is 0 Å². The number of halogens is 2. The fraction of sp³-hybridized carbons (Fsp3) is 0.115. The van der Waals surface area contributed by atoms with Gasteiger partial charge in [0, 0.05) is 12.5 Å². The van der Waals surface area contributed by atoms with Gasteiger partial charge in [-0.3, -0.25) is 0 Å². The van der Waals surface area contributed by atoms with E-state index in [0.717, 1.165) is 23.4 Å². The summed E-state index contributed by atoms with van der Waals surface area (Å²) in [6.07, 6.45) is 8.51. The molecule has 0 saturated carbocycles. The van der Waals surface area contributed by atoms with Crippen LogP contribution in [0.5, 0.6) is 0 Å². The summed E-state index contributed by atoms with van der Waals surface area (Å²) < 4.78 is 28.9. The minimum Gasteiger partial charge on any atom is -0.327 e. The lowest BCUT2D eigenvalue weighted by Gasteiger charge is -2.16. The number of hydrogen-bond donors (Lipinski definition) is 0. The van der Waals surface area contributed by atoms with Crippen molar-refractivity contribution in [1.82, 2.24) is 9.55 Å². The first-order valence-electron chi connectivity index (χ1n) is 9.90. The first-order valence-corrected chi connectivity index (χ1v) is 9.90. The second-order valence-corrected chi connectivity index (χ2v) is 7.23. The molecule has 0 aliphatic rings. The lowest BCUT2D eigenvalue weighted by Crippen LogP contribution is -2.01. The molecule has 4 aromatic rings. The summed E-state index contributed by atoms with van der Waals surface area (Å²) in [7, 11) is 0. The number of rotatable bonds is 7. The third-order valence-electron chi connectivity index (χ3n) is 5.15. The van der Waals surface area contributed by atoms with Gasteiger partial charge in [-0.2, -0.15) is 0 Å². The van der Waals surface area contributed by atoms with Crippen molar-refractivity contribution in [3.8, 4) is 0 Å². The summed E-state index contributed by atoms with van der Waals surface area (Å²) in [6.45, 7) is 0.750. The zero-order valence-corrected chi connectivity index (χ0v) is 16.5. The molecule has 0 radical (unpaired) electrons. The van der Waals surface area contributed by atoms with Crippen molar-refractivity contribution in [3.05, 3.63) is 131 Å². The van der Waals surface area contributed by atoms with Gasteiger partial charge in [-0.1, -0.05) is 60.7 Å². The summed E-state index contributed by atoms with van der Waals surface area (Å²) in [6, 6.07) is 23.2. The number of allylic oxidation sites excluding steroid dienone is 1. The fourth-order valence-electron chi connectivity index (χ4n) is 3.56. The van der Waals surface area contributed by atoms with Crippen LogP contribution in [0, 0.1) is 11.6 Å². The van der Waals surface area contributed by atoms with E-state index in [0.29, 0.717) is 6.42 Å². The highest BCUT2D eigenvalue weighted by atomic mass is 19.1. The zero-order valence-electron chi connectivity index (χ0n) is 16.5. The molecule has 3 aromatic carbocycles. The maximum Gasteiger partial charge on any atom is 0.123 e. The largest absolute Gasteiger partial charge is 0.327 e. The van der Waals surface area contributed by atoms with Crippen LogP contribution in [-0.2, 0) is 6.54 Å². The smallest absolute Gasteiger partial charge is 0.123 e. The standard InChI is InChI=1S/C26H22F2N2/c27-23-13-9-21(10-14-23)26(22-11-15-24(28)16-12-22)8-4-7-25-17-29-19-30(25)18-20-5-2-1-3-6-20/h1-7,9-17,19,26H,8,18H2/b7-4+. The van der Waals surface area contributed by atoms with Crippen LogP contribution in [0.2, 0.25) is 0 Å². The van der Waals surface area contributed by atoms with Gasteiger partial charge in [0.15, 0.2) is 0 Å². The molecule has 0 spiro atoms. The predicted molar refractivity (Wildman–Crippen MR) is 116 cm³/mol. The average molecular weight is 400 g/mol. The van der Waals surface area contributed by atoms with Crippen LogP contribution in [-0.4, -0.2) is 9.55 Å². The molecule has 1 heterocycles. The first-order chi connectivity index (χ1) is 14.7. The van der Waals surface area contributed by atoms with E-state index in [-0.39, 0.29) is 17.6 Å². The molecule has 4 rings (SSSR count). The zero-order chi connectivity index (χ0) is 20.8. The highest BCUT2D eigenvalue weighted by Crippen LogP contribution is 2.29. The van der Waals surface area contributed by atoms with E-state index in [1.165, 1.54) is 29.8 Å². The quantitative estimate of drug-likeness (QED) is 0.349. The number of benzene rings is 3. The second kappa shape index (κ2) is 9.31. The Morgan fingerprint density at radius 2 is 1.40 bits per heavy atom. The molecule has 1 aromatic heterocycles. The first kappa shape index (κ1) is 19.8. The molecule has 0 unspecified atom stereocenters. The van der Waals surface area contributed by atoms with Crippen LogP contribution >= 0.6 is 0 Å². The van der Waals surface area contributed by atoms with Crippen LogP contribution in [0.4, 0.5) is 8.78 Å². The van der Waals surface area contributed by atoms with Crippen molar-refractivity contribution in [3.63, 3.8) is 0 Å². The van der Waals surface area contributed by atoms with E-state index >= 15 is 0 Å². The van der Waals surface area contributed by atoms with Gasteiger partial charge in [-0.15, -0.1) is 0 Å². The summed E-state index contributed by atoms with van der Waals surface area (Å²) >= 11 is 0. The Balaban J connectivity index is 1.54. The molecule has 30 heavy (non-hydrogen) atoms. The normalized spacial score (nSPS) is 11.4. The molecule has 0 bridgehead atoms. The minimum atomic E-state index is -0.267. The van der Waals surface area contributed by atoms with E-state index in [9.17, 15) is 8.78 Å². The van der Waals surface area contributed by atoms with Crippen LogP contribution in [0.3, 0.4) is 0 Å². The minimum absolute atomic E-state index is 0.00736. The molecule has 0 atom stereocenters. The maximum absolute atomic E-state index is 13.4. The Morgan fingerprint density at radius 3 is 2.00 bits per heavy atom. The van der Waals surface area contributed by atoms with Crippen molar-refractivity contribution >= 4 is 6.08 Å². The third kappa shape index (κ3) is 4.90. The summed E-state index contributed by atoms with van der Waals surface area (Å²) in [4.78, 5) is 4.28. The van der Waals surface area contributed by atoms with E-state index in [1.807, 2.05) is 30.7 Å². The Kier molecular flexibility index (Phi) is 6.14. The Labute approximate surface area is 175 Å². The molecule has 0 saturated heterocycles. The van der Waals surface area contributed by atoms with Crippen LogP contribution in [0.15, 0.2) is 97.5 Å². The van der Waals surface area contributed by atoms with Crippen LogP contribution < -0.4 is 0 Å². The average Bonchev–Trinajstić information content (AvgIpc) is 3.20. The summed E-state index contributed by atoms with van der Waals surface area (Å²) in [5.41, 5.74) is 4.20. The Morgan fingerprint density at radius 1 is 0.800 bits per heavy atom. The summed E-state index contributed by atoms with van der Waals surface area (Å²) in [5.74, 6) is -0.526. The molecule has 0 aliphatic heterocycles. The topological polar surface area (TPSA) is 17.8 Å². The van der Waals surface area contributed by atoms with Gasteiger partial charge in [0.2, 0.25) is 0 Å². The van der Waals surface area contributed by atoms with Crippen molar-refractivity contribution in [1.29, 1.82) is 0 Å². The van der Waals surface area contributed by atoms with E-state index in [1.54, 1.807) is 24.3 Å². The number of hydrogen-bond acceptors (Lipinski definition) is 1. The Bertz CT molecular complexity index is 1050. The molecule has 0 amide bonds. The highest BCUT2D eigenvalue weighted by molar-refractivity contribution is 5.45. The van der Waals surface area contributed by atoms with Gasteiger partial charge in [0.05, 0.1) is 18.2 Å². The van der Waals surface area contributed by atoms with Crippen molar-refractivity contribution < 1.29 is 8.78 Å². The molecule has 0 aliphatic carbocycles. The van der Waals surface area contributed by atoms with Gasteiger partial charge in [-0.25, -0.2) is 13.8 Å². The van der Waals surface area contributed by atoms with Crippen molar-refractivity contribution in [2.45, 2.75) is 18.9 Å². The highest BCUT2D eigenvalue weighted by Gasteiger charge is 2.13. The molecule has 0 N–H and O–H groups in total.